The smallest absolute Gasteiger partial charge is 0.406 e. The Balaban J connectivity index is 0.000000197. The molecule has 0 unspecified atom stereocenters. The average molecular weight is 1030 g/mol. The number of piperidine rings is 1. The fourth-order valence-electron chi connectivity index (χ4n) is 9.82. The van der Waals surface area contributed by atoms with Crippen LogP contribution in [0.25, 0.3) is 21.8 Å². The third kappa shape index (κ3) is 15.2. The number of alkyl halides is 6. The largest absolute Gasteiger partial charge is 0.573 e. The second kappa shape index (κ2) is 24.1. The van der Waals surface area contributed by atoms with E-state index in [1.165, 1.54) is 87.3 Å². The molecule has 4 aromatic carbocycles. The molecular weight excluding hydrogens is 967 g/mol. The number of rotatable bonds is 15. The van der Waals surface area contributed by atoms with Crippen LogP contribution in [0.5, 0.6) is 11.5 Å². The predicted octanol–water partition coefficient (Wildman–Crippen LogP) is 10.2. The van der Waals surface area contributed by atoms with E-state index in [1.54, 1.807) is 0 Å². The van der Waals surface area contributed by atoms with Gasteiger partial charge in [0.25, 0.3) is 0 Å². The van der Waals surface area contributed by atoms with Gasteiger partial charge in [0.05, 0.1) is 17.6 Å². The highest BCUT2D eigenvalue weighted by Crippen LogP contribution is 2.31. The summed E-state index contributed by atoms with van der Waals surface area (Å²) in [6, 6.07) is 27.3. The van der Waals surface area contributed by atoms with Crippen LogP contribution in [0.15, 0.2) is 97.1 Å². The number of ether oxygens (including phenoxy) is 2. The number of halogens is 6. The summed E-state index contributed by atoms with van der Waals surface area (Å²) in [4.78, 5) is 44.3. The Morgan fingerprint density at radius 2 is 1.03 bits per heavy atom. The fraction of sp³-hybridized carbons (Fsp3) is 0.418. The lowest BCUT2D eigenvalue weighted by Gasteiger charge is -2.37. The van der Waals surface area contributed by atoms with Gasteiger partial charge in [0.2, 0.25) is 11.8 Å². The number of aryl methyl sites for hydroxylation is 4. The lowest BCUT2D eigenvalue weighted by molar-refractivity contribution is -0.275. The second-order valence-electron chi connectivity index (χ2n) is 19.1. The summed E-state index contributed by atoms with van der Waals surface area (Å²) in [7, 11) is 0. The number of nitrogens with zero attached hydrogens (tertiary/aromatic N) is 6. The highest BCUT2D eigenvalue weighted by Gasteiger charge is 2.32. The van der Waals surface area contributed by atoms with Crippen molar-refractivity contribution in [3.63, 3.8) is 0 Å². The van der Waals surface area contributed by atoms with Crippen LogP contribution in [-0.4, -0.2) is 121 Å². The monoisotopic (exact) mass is 1030 g/mol. The number of nitrogens with one attached hydrogen (secondary N) is 2. The fourth-order valence-corrected chi connectivity index (χ4v) is 9.82. The van der Waals surface area contributed by atoms with Crippen LogP contribution in [-0.2, 0) is 22.4 Å². The molecule has 5 heterocycles. The van der Waals surface area contributed by atoms with Crippen LogP contribution in [0.4, 0.5) is 49.4 Å². The van der Waals surface area contributed by atoms with Crippen molar-refractivity contribution in [1.29, 1.82) is 0 Å². The number of piperazine rings is 1. The van der Waals surface area contributed by atoms with Crippen LogP contribution in [0, 0.1) is 13.8 Å². The molecule has 0 spiro atoms. The molecule has 3 N–H and O–H groups in total. The number of carbonyl (C=O) groups is 2. The van der Waals surface area contributed by atoms with E-state index in [4.69, 9.17) is 15.1 Å². The Hall–Kier alpha value is -6.70. The molecule has 2 aromatic heterocycles. The van der Waals surface area contributed by atoms with Crippen molar-refractivity contribution < 1.29 is 50.5 Å². The summed E-state index contributed by atoms with van der Waals surface area (Å²) >= 11 is 0. The Morgan fingerprint density at radius 1 is 0.595 bits per heavy atom. The molecule has 3 fully saturated rings. The second-order valence-corrected chi connectivity index (χ2v) is 19.1. The number of aliphatic hydroxyl groups excluding tert-OH is 1. The number of pyridine rings is 2. The van der Waals surface area contributed by atoms with Crippen molar-refractivity contribution in [2.24, 2.45) is 0 Å². The maximum absolute atomic E-state index is 12.5. The highest BCUT2D eigenvalue weighted by molar-refractivity contribution is 5.96. The molecule has 0 saturated carbocycles. The van der Waals surface area contributed by atoms with E-state index in [9.17, 15) is 35.9 Å². The van der Waals surface area contributed by atoms with Gasteiger partial charge in [-0.15, -0.1) is 26.3 Å². The number of aliphatic hydroxyl groups is 1. The molecule has 6 aromatic rings. The maximum Gasteiger partial charge on any atom is 0.573 e. The van der Waals surface area contributed by atoms with E-state index in [-0.39, 0.29) is 42.8 Å². The van der Waals surface area contributed by atoms with E-state index in [2.05, 4.69) is 58.8 Å². The van der Waals surface area contributed by atoms with Gasteiger partial charge in [-0.25, -0.2) is 9.97 Å². The van der Waals surface area contributed by atoms with Crippen LogP contribution < -0.4 is 29.9 Å². The molecule has 0 atom stereocenters. The minimum absolute atomic E-state index is 0.164. The molecule has 3 aliphatic rings. The van der Waals surface area contributed by atoms with Crippen molar-refractivity contribution in [2.45, 2.75) is 84.0 Å². The van der Waals surface area contributed by atoms with Gasteiger partial charge in [-0.3, -0.25) is 14.5 Å². The van der Waals surface area contributed by atoms with Gasteiger partial charge >= 0.3 is 12.7 Å². The number of hydrogen-bond donors (Lipinski definition) is 3. The first-order valence-electron chi connectivity index (χ1n) is 25.1. The minimum atomic E-state index is -4.73. The van der Waals surface area contributed by atoms with Gasteiger partial charge < -0.3 is 39.9 Å². The molecule has 74 heavy (non-hydrogen) atoms. The zero-order valence-corrected chi connectivity index (χ0v) is 41.6. The number of aromatic nitrogens is 2. The van der Waals surface area contributed by atoms with Crippen LogP contribution in [0.3, 0.4) is 0 Å². The SMILES string of the molecule is Cc1cc(N2CCC(N3CCCC3)CC2)nc2ccc(NC(=O)CCc3ccc(OC(F)(F)F)cc3)cc12.Cc1cc(N2CCN(CCO)CC2)nc2ccc(NC(=O)CCc3ccc(OC(F)(F)F)cc3)cc12. The van der Waals surface area contributed by atoms with Gasteiger partial charge in [0.15, 0.2) is 0 Å². The molecule has 19 heteroatoms. The van der Waals surface area contributed by atoms with E-state index >= 15 is 0 Å². The zero-order valence-electron chi connectivity index (χ0n) is 41.6. The Bertz CT molecular complexity index is 2850. The lowest BCUT2D eigenvalue weighted by Crippen LogP contribution is -2.47. The number of likely N-dealkylation sites (tertiary alicyclic amines) is 1. The van der Waals surface area contributed by atoms with Crippen molar-refractivity contribution in [3.05, 3.63) is 119 Å². The van der Waals surface area contributed by atoms with Crippen LogP contribution >= 0.6 is 0 Å². The quantitative estimate of drug-likeness (QED) is 0.0849. The highest BCUT2D eigenvalue weighted by atomic mass is 19.4. The first-order valence-corrected chi connectivity index (χ1v) is 25.1. The third-order valence-electron chi connectivity index (χ3n) is 13.7. The van der Waals surface area contributed by atoms with Gasteiger partial charge in [-0.05, 0) is 161 Å². The molecule has 2 amide bonds. The summed E-state index contributed by atoms with van der Waals surface area (Å²) in [5, 5.41) is 16.9. The van der Waals surface area contributed by atoms with E-state index in [0.29, 0.717) is 36.8 Å². The molecule has 3 aliphatic heterocycles. The Kier molecular flexibility index (Phi) is 17.5. The number of carbonyl (C=O) groups excluding carboxylic acids is 2. The predicted molar refractivity (Wildman–Crippen MR) is 275 cm³/mol. The minimum Gasteiger partial charge on any atom is -0.406 e. The number of fused-ring (bicyclic) bond motifs is 2. The summed E-state index contributed by atoms with van der Waals surface area (Å²) < 4.78 is 81.5. The number of hydrogen-bond acceptors (Lipinski definition) is 11. The molecule has 13 nitrogen and oxygen atoms in total. The van der Waals surface area contributed by atoms with Crippen LogP contribution in [0.2, 0.25) is 0 Å². The van der Waals surface area contributed by atoms with Crippen molar-refractivity contribution in [1.82, 2.24) is 19.8 Å². The summed E-state index contributed by atoms with van der Waals surface area (Å²) in [6.45, 7) is 12.9. The molecule has 394 valence electrons. The van der Waals surface area contributed by atoms with E-state index < -0.39 is 12.7 Å². The van der Waals surface area contributed by atoms with Gasteiger partial charge in [0.1, 0.15) is 23.1 Å². The molecule has 0 aliphatic carbocycles. The van der Waals surface area contributed by atoms with E-state index in [1.807, 2.05) is 43.3 Å². The molecule has 9 rings (SSSR count). The van der Waals surface area contributed by atoms with Crippen molar-refractivity contribution >= 4 is 56.6 Å². The number of anilines is 4. The normalized spacial score (nSPS) is 16.0. The summed E-state index contributed by atoms with van der Waals surface area (Å²) in [5.41, 5.74) is 6.78. The first kappa shape index (κ1) is 53.6. The Labute approximate surface area is 426 Å². The number of β-amino-alcohol motifs (C(OH)–C–C–N with tert-alkyl or cyclic N) is 1. The number of benzene rings is 4. The molecular formula is C55H62F6N8O5. The van der Waals surface area contributed by atoms with E-state index in [0.717, 1.165) is 95.0 Å². The van der Waals surface area contributed by atoms with Gasteiger partial charge in [0, 0.05) is 86.8 Å². The van der Waals surface area contributed by atoms with Crippen molar-refractivity contribution in [2.75, 3.05) is 85.9 Å². The average Bonchev–Trinajstić information content (AvgIpc) is 3.92. The lowest BCUT2D eigenvalue weighted by atomic mass is 10.0. The Morgan fingerprint density at radius 3 is 1.45 bits per heavy atom. The summed E-state index contributed by atoms with van der Waals surface area (Å²) in [6.07, 6.45) is -3.25. The zero-order chi connectivity index (χ0) is 52.4. The van der Waals surface area contributed by atoms with Gasteiger partial charge in [-0.1, -0.05) is 24.3 Å². The van der Waals surface area contributed by atoms with Gasteiger partial charge in [-0.2, -0.15) is 0 Å². The topological polar surface area (TPSA) is 136 Å². The van der Waals surface area contributed by atoms with Crippen molar-refractivity contribution in [3.8, 4) is 11.5 Å². The third-order valence-corrected chi connectivity index (χ3v) is 13.7. The molecule has 3 saturated heterocycles. The maximum atomic E-state index is 12.5. The molecule has 0 bridgehead atoms. The standard InChI is InChI=1S/C29H33F3N4O2.C26H29F3N4O3/c1-20-18-27(36-16-12-23(13-17-36)35-14-2-3-15-35)34-26-10-7-22(19-25(20)26)33-28(37)11-6-21-4-8-24(9-5-21)38-29(30,31)32;1-18-16-24(33-12-10-32(11-13-33)14-15-34)31-23-8-5-20(17-22(18)23)30-25(35)9-4-19-2-6-21(7-3-19)36-26(27,28)29/h4-5,7-10,18-19,23H,2-3,6,11-17H2,1H3,(H,33,37);2-3,5-8,16-17,34H,4,9-15H2,1H3,(H,30,35). The summed E-state index contributed by atoms with van der Waals surface area (Å²) in [5.74, 6) is 1.02. The first-order chi connectivity index (χ1) is 35.4. The molecule has 0 radical (unpaired) electrons. The number of amides is 2. The van der Waals surface area contributed by atoms with Crippen LogP contribution in [0.1, 0.15) is 60.8 Å².